The van der Waals surface area contributed by atoms with Gasteiger partial charge in [0.25, 0.3) is 5.71 Å². The minimum Gasteiger partial charge on any atom is -0.334 e. The predicted octanol–water partition coefficient (Wildman–Crippen LogP) is 1.88. The second-order valence-electron chi connectivity index (χ2n) is 4.10. The first kappa shape index (κ1) is 9.33. The van der Waals surface area contributed by atoms with Crippen LogP contribution in [0.2, 0.25) is 0 Å². The summed E-state index contributed by atoms with van der Waals surface area (Å²) < 4.78 is 5.06. The Balaban J connectivity index is 1.94. The van der Waals surface area contributed by atoms with Gasteiger partial charge in [0.2, 0.25) is 5.91 Å². The molecule has 2 heterocycles. The van der Waals surface area contributed by atoms with E-state index in [0.717, 1.165) is 23.9 Å². The summed E-state index contributed by atoms with van der Waals surface area (Å²) in [5.74, 6) is 0.653. The Bertz CT molecular complexity index is 557. The van der Waals surface area contributed by atoms with Crippen LogP contribution in [0.25, 0.3) is 11.1 Å². The Kier molecular flexibility index (Phi) is 1.92. The van der Waals surface area contributed by atoms with Crippen molar-refractivity contribution in [1.29, 1.82) is 0 Å². The molecule has 0 atom stereocenters. The number of carbonyl (C=O) groups excluding carboxylic acids is 1. The number of hydrogen-bond donors (Lipinski definition) is 1. The molecule has 0 saturated heterocycles. The Morgan fingerprint density at radius 3 is 3.06 bits per heavy atom. The molecule has 1 N–H and O–H groups in total. The van der Waals surface area contributed by atoms with Crippen LogP contribution in [-0.4, -0.2) is 16.0 Å². The van der Waals surface area contributed by atoms with Crippen LogP contribution >= 0.6 is 0 Å². The average Bonchev–Trinajstić information content (AvgIpc) is 3.03. The molecule has 0 unspecified atom stereocenters. The Labute approximate surface area is 91.8 Å². The van der Waals surface area contributed by atoms with Crippen LogP contribution in [0.3, 0.4) is 0 Å². The minimum atomic E-state index is 0.0239. The van der Waals surface area contributed by atoms with Crippen molar-refractivity contribution < 1.29 is 9.32 Å². The van der Waals surface area contributed by atoms with Gasteiger partial charge in [0, 0.05) is 11.6 Å². The van der Waals surface area contributed by atoms with Crippen molar-refractivity contribution in [3.63, 3.8) is 0 Å². The van der Waals surface area contributed by atoms with Crippen molar-refractivity contribution in [2.45, 2.75) is 19.8 Å². The number of anilines is 1. The van der Waals surface area contributed by atoms with E-state index in [1.54, 1.807) is 0 Å². The van der Waals surface area contributed by atoms with E-state index in [0.29, 0.717) is 11.5 Å². The van der Waals surface area contributed by atoms with E-state index in [2.05, 4.69) is 15.5 Å². The highest BCUT2D eigenvalue weighted by Crippen LogP contribution is 2.31. The third-order valence-electron chi connectivity index (χ3n) is 2.67. The molecule has 5 nitrogen and oxygen atoms in total. The Morgan fingerprint density at radius 1 is 1.50 bits per heavy atom. The van der Waals surface area contributed by atoms with Gasteiger partial charge in [0.15, 0.2) is 5.82 Å². The number of aromatic nitrogens is 2. The topological polar surface area (TPSA) is 68.0 Å². The van der Waals surface area contributed by atoms with Gasteiger partial charge in [-0.2, -0.15) is 0 Å². The van der Waals surface area contributed by atoms with E-state index in [1.165, 1.54) is 0 Å². The lowest BCUT2D eigenvalue weighted by atomic mass is 10.3. The zero-order valence-electron chi connectivity index (χ0n) is 8.86. The number of fused-ring (bicyclic) bond motifs is 1. The minimum absolute atomic E-state index is 0.0239. The van der Waals surface area contributed by atoms with Gasteiger partial charge in [-0.05, 0) is 31.9 Å². The molecule has 5 heteroatoms. The summed E-state index contributed by atoms with van der Waals surface area (Å²) in [6.07, 6.45) is 1.94. The molecule has 1 aliphatic rings. The molecule has 2 aromatic rings. The second kappa shape index (κ2) is 3.30. The molecular weight excluding hydrogens is 206 g/mol. The fourth-order valence-electron chi connectivity index (χ4n) is 1.58. The van der Waals surface area contributed by atoms with Crippen molar-refractivity contribution in [2.24, 2.45) is 5.92 Å². The number of aryl methyl sites for hydroxylation is 1. The van der Waals surface area contributed by atoms with Gasteiger partial charge in [-0.25, -0.2) is 4.98 Å². The van der Waals surface area contributed by atoms with E-state index >= 15 is 0 Å². The van der Waals surface area contributed by atoms with E-state index < -0.39 is 0 Å². The molecule has 0 aliphatic heterocycles. The normalized spacial score (nSPS) is 15.3. The number of carbonyl (C=O) groups is 1. The molecule has 1 aliphatic carbocycles. The molecule has 3 rings (SSSR count). The number of pyridine rings is 1. The highest BCUT2D eigenvalue weighted by atomic mass is 16.5. The highest BCUT2D eigenvalue weighted by molar-refractivity contribution is 5.99. The fraction of sp³-hybridized carbons (Fsp3) is 0.364. The van der Waals surface area contributed by atoms with Gasteiger partial charge in [-0.3, -0.25) is 4.79 Å². The number of rotatable bonds is 2. The fourth-order valence-corrected chi connectivity index (χ4v) is 1.58. The first-order chi connectivity index (χ1) is 7.74. The third-order valence-corrected chi connectivity index (χ3v) is 2.67. The van der Waals surface area contributed by atoms with Gasteiger partial charge >= 0.3 is 0 Å². The standard InChI is InChI=1S/C11H11N3O2/c1-6-2-5-8-9(14-16-11(8)12-6)13-10(15)7-3-4-7/h2,5,7H,3-4H2,1H3,(H,13,14,15). The monoisotopic (exact) mass is 217 g/mol. The molecule has 82 valence electrons. The smallest absolute Gasteiger partial charge is 0.260 e. The van der Waals surface area contributed by atoms with Gasteiger partial charge in [0.1, 0.15) is 0 Å². The first-order valence-electron chi connectivity index (χ1n) is 5.28. The zero-order chi connectivity index (χ0) is 11.1. The van der Waals surface area contributed by atoms with E-state index in [9.17, 15) is 4.79 Å². The molecule has 0 radical (unpaired) electrons. The van der Waals surface area contributed by atoms with Crippen molar-refractivity contribution in [2.75, 3.05) is 5.32 Å². The molecule has 1 fully saturated rings. The SMILES string of the molecule is Cc1ccc2c(NC(=O)C3CC3)noc2n1. The highest BCUT2D eigenvalue weighted by Gasteiger charge is 2.30. The molecular formula is C11H11N3O2. The molecule has 0 spiro atoms. The average molecular weight is 217 g/mol. The van der Waals surface area contributed by atoms with E-state index in [1.807, 2.05) is 19.1 Å². The van der Waals surface area contributed by atoms with Crippen LogP contribution in [0.5, 0.6) is 0 Å². The molecule has 1 saturated carbocycles. The van der Waals surface area contributed by atoms with Crippen LogP contribution in [-0.2, 0) is 4.79 Å². The quantitative estimate of drug-likeness (QED) is 0.833. The molecule has 0 bridgehead atoms. The number of hydrogen-bond acceptors (Lipinski definition) is 4. The maximum absolute atomic E-state index is 11.6. The van der Waals surface area contributed by atoms with Gasteiger partial charge in [-0.1, -0.05) is 5.16 Å². The number of nitrogens with one attached hydrogen (secondary N) is 1. The van der Waals surface area contributed by atoms with Gasteiger partial charge in [-0.15, -0.1) is 0 Å². The van der Waals surface area contributed by atoms with Crippen LogP contribution in [0.15, 0.2) is 16.7 Å². The van der Waals surface area contributed by atoms with Crippen LogP contribution in [0.1, 0.15) is 18.5 Å². The van der Waals surface area contributed by atoms with Gasteiger partial charge < -0.3 is 9.84 Å². The molecule has 16 heavy (non-hydrogen) atoms. The summed E-state index contributed by atoms with van der Waals surface area (Å²) in [7, 11) is 0. The predicted molar refractivity (Wildman–Crippen MR) is 57.9 cm³/mol. The Hall–Kier alpha value is -1.91. The summed E-state index contributed by atoms with van der Waals surface area (Å²) in [4.78, 5) is 15.8. The number of amides is 1. The lowest BCUT2D eigenvalue weighted by Crippen LogP contribution is -2.13. The third kappa shape index (κ3) is 1.54. The Morgan fingerprint density at radius 2 is 2.31 bits per heavy atom. The van der Waals surface area contributed by atoms with Crippen molar-refractivity contribution >= 4 is 22.8 Å². The summed E-state index contributed by atoms with van der Waals surface area (Å²) in [5.41, 5.74) is 1.33. The van der Waals surface area contributed by atoms with Crippen LogP contribution in [0, 0.1) is 12.8 Å². The maximum atomic E-state index is 11.6. The first-order valence-corrected chi connectivity index (χ1v) is 5.28. The van der Waals surface area contributed by atoms with Crippen molar-refractivity contribution in [3.8, 4) is 0 Å². The summed E-state index contributed by atoms with van der Waals surface area (Å²) >= 11 is 0. The summed E-state index contributed by atoms with van der Waals surface area (Å²) in [6, 6.07) is 3.73. The van der Waals surface area contributed by atoms with Crippen molar-refractivity contribution in [3.05, 3.63) is 17.8 Å². The van der Waals surface area contributed by atoms with Crippen molar-refractivity contribution in [1.82, 2.24) is 10.1 Å². The maximum Gasteiger partial charge on any atom is 0.260 e. The summed E-state index contributed by atoms with van der Waals surface area (Å²) in [6.45, 7) is 1.88. The van der Waals surface area contributed by atoms with Crippen LogP contribution in [0.4, 0.5) is 5.82 Å². The number of nitrogens with zero attached hydrogens (tertiary/aromatic N) is 2. The lowest BCUT2D eigenvalue weighted by molar-refractivity contribution is -0.117. The summed E-state index contributed by atoms with van der Waals surface area (Å²) in [5, 5.41) is 7.33. The zero-order valence-corrected chi connectivity index (χ0v) is 8.86. The molecule has 0 aromatic carbocycles. The molecule has 1 amide bonds. The van der Waals surface area contributed by atoms with Crippen LogP contribution < -0.4 is 5.32 Å². The lowest BCUT2D eigenvalue weighted by Gasteiger charge is -1.98. The van der Waals surface area contributed by atoms with Gasteiger partial charge in [0.05, 0.1) is 5.39 Å². The van der Waals surface area contributed by atoms with E-state index in [-0.39, 0.29) is 11.8 Å². The van der Waals surface area contributed by atoms with E-state index in [4.69, 9.17) is 4.52 Å². The largest absolute Gasteiger partial charge is 0.334 e. The molecule has 2 aromatic heterocycles. The second-order valence-corrected chi connectivity index (χ2v) is 4.10.